The molecule has 0 saturated heterocycles. The lowest BCUT2D eigenvalue weighted by molar-refractivity contribution is 0.0951. The molecule has 0 radical (unpaired) electrons. The van der Waals surface area contributed by atoms with Crippen LogP contribution in [0, 0.1) is 0 Å². The molecule has 1 saturated carbocycles. The summed E-state index contributed by atoms with van der Waals surface area (Å²) in [5.41, 5.74) is 1.06. The molecule has 0 aliphatic heterocycles. The van der Waals surface area contributed by atoms with Crippen molar-refractivity contribution in [2.24, 2.45) is 0 Å². The lowest BCUT2D eigenvalue weighted by atomic mass is 10.1. The first-order chi connectivity index (χ1) is 13.5. The number of sulfonamides is 2. The van der Waals surface area contributed by atoms with Gasteiger partial charge in [-0.2, -0.15) is 0 Å². The van der Waals surface area contributed by atoms with Crippen LogP contribution >= 0.6 is 11.6 Å². The summed E-state index contributed by atoms with van der Waals surface area (Å²) < 4.78 is 52.0. The van der Waals surface area contributed by atoms with E-state index >= 15 is 0 Å². The number of hydrogen-bond acceptors (Lipinski definition) is 5. The van der Waals surface area contributed by atoms with E-state index in [1.165, 1.54) is 30.3 Å². The Bertz CT molecular complexity index is 1130. The normalized spacial score (nSPS) is 14.4. The Labute approximate surface area is 174 Å². The van der Waals surface area contributed by atoms with Gasteiger partial charge >= 0.3 is 0 Å². The van der Waals surface area contributed by atoms with E-state index in [2.05, 4.69) is 14.8 Å². The number of amides is 1. The SMILES string of the molecule is CS(=O)(=O)Nc1cc(C(=O)NCc2ccc(S(=O)(=O)NC3CC3)cc2)ccc1Cl. The zero-order valence-corrected chi connectivity index (χ0v) is 17.9. The van der Waals surface area contributed by atoms with E-state index in [1.54, 1.807) is 12.1 Å². The van der Waals surface area contributed by atoms with Gasteiger partial charge in [0.1, 0.15) is 0 Å². The minimum Gasteiger partial charge on any atom is -0.348 e. The zero-order valence-electron chi connectivity index (χ0n) is 15.5. The first-order valence-corrected chi connectivity index (χ1v) is 12.5. The molecule has 1 aliphatic rings. The van der Waals surface area contributed by atoms with Gasteiger partial charge in [-0.25, -0.2) is 21.6 Å². The van der Waals surface area contributed by atoms with Crippen molar-refractivity contribution in [3.63, 3.8) is 0 Å². The van der Waals surface area contributed by atoms with Gasteiger partial charge in [-0.3, -0.25) is 9.52 Å². The van der Waals surface area contributed by atoms with Gasteiger partial charge in [0.15, 0.2) is 0 Å². The highest BCUT2D eigenvalue weighted by molar-refractivity contribution is 7.92. The zero-order chi connectivity index (χ0) is 21.2. The molecule has 2 aromatic carbocycles. The van der Waals surface area contributed by atoms with Crippen molar-refractivity contribution in [2.75, 3.05) is 11.0 Å². The molecule has 3 N–H and O–H groups in total. The molecule has 0 atom stereocenters. The van der Waals surface area contributed by atoms with E-state index in [0.717, 1.165) is 19.1 Å². The molecule has 1 fully saturated rings. The molecule has 29 heavy (non-hydrogen) atoms. The van der Waals surface area contributed by atoms with E-state index in [0.29, 0.717) is 5.56 Å². The largest absolute Gasteiger partial charge is 0.348 e. The van der Waals surface area contributed by atoms with Crippen LogP contribution in [-0.4, -0.2) is 35.0 Å². The molecule has 0 heterocycles. The monoisotopic (exact) mass is 457 g/mol. The maximum absolute atomic E-state index is 12.4. The molecule has 3 rings (SSSR count). The van der Waals surface area contributed by atoms with Crippen molar-refractivity contribution in [3.8, 4) is 0 Å². The summed E-state index contributed by atoms with van der Waals surface area (Å²) in [6.45, 7) is 0.173. The molecule has 8 nitrogen and oxygen atoms in total. The topological polar surface area (TPSA) is 121 Å². The average Bonchev–Trinajstić information content (AvgIpc) is 3.44. The van der Waals surface area contributed by atoms with E-state index in [-0.39, 0.29) is 33.8 Å². The van der Waals surface area contributed by atoms with E-state index < -0.39 is 26.0 Å². The lowest BCUT2D eigenvalue weighted by Crippen LogP contribution is -2.26. The van der Waals surface area contributed by atoms with E-state index in [1.807, 2.05) is 0 Å². The number of nitrogens with one attached hydrogen (secondary N) is 3. The van der Waals surface area contributed by atoms with Crippen molar-refractivity contribution in [2.45, 2.75) is 30.3 Å². The minimum atomic E-state index is -3.54. The Balaban J connectivity index is 1.64. The van der Waals surface area contributed by atoms with Gasteiger partial charge in [0.25, 0.3) is 5.91 Å². The molecular formula is C18H20ClN3O5S2. The molecule has 1 aliphatic carbocycles. The van der Waals surface area contributed by atoms with Gasteiger partial charge in [0.05, 0.1) is 21.9 Å². The van der Waals surface area contributed by atoms with Crippen LogP contribution in [0.2, 0.25) is 5.02 Å². The summed E-state index contributed by atoms with van der Waals surface area (Å²) in [7, 11) is -7.06. The van der Waals surface area contributed by atoms with E-state index in [9.17, 15) is 21.6 Å². The van der Waals surface area contributed by atoms with Crippen molar-refractivity contribution >= 4 is 43.2 Å². The molecule has 0 spiro atoms. The number of carbonyl (C=O) groups excluding carboxylic acids is 1. The Morgan fingerprint density at radius 2 is 1.72 bits per heavy atom. The maximum Gasteiger partial charge on any atom is 0.251 e. The predicted molar refractivity (Wildman–Crippen MR) is 111 cm³/mol. The minimum absolute atomic E-state index is 0.0282. The summed E-state index contributed by atoms with van der Waals surface area (Å²) in [4.78, 5) is 12.5. The first kappa shape index (κ1) is 21.6. The van der Waals surface area contributed by atoms with Crippen molar-refractivity contribution in [3.05, 3.63) is 58.6 Å². The number of anilines is 1. The van der Waals surface area contributed by atoms with Crippen LogP contribution in [0.3, 0.4) is 0 Å². The average molecular weight is 458 g/mol. The summed E-state index contributed by atoms with van der Waals surface area (Å²) in [5.74, 6) is -0.426. The van der Waals surface area contributed by atoms with Crippen molar-refractivity contribution < 1.29 is 21.6 Å². The van der Waals surface area contributed by atoms with Crippen LogP contribution in [0.4, 0.5) is 5.69 Å². The standard InChI is InChI=1S/C18H20ClN3O5S2/c1-28(24,25)22-17-10-13(4-9-16(17)19)18(23)20-11-12-2-7-15(8-3-12)29(26,27)21-14-5-6-14/h2-4,7-10,14,21-22H,5-6,11H2,1H3,(H,20,23). The fourth-order valence-electron chi connectivity index (χ4n) is 2.50. The number of hydrogen-bond donors (Lipinski definition) is 3. The summed E-state index contributed by atoms with van der Waals surface area (Å²) in [5, 5.41) is 2.87. The third kappa shape index (κ3) is 6.17. The third-order valence-corrected chi connectivity index (χ3v) is 6.57. The van der Waals surface area contributed by atoms with Crippen LogP contribution in [0.15, 0.2) is 47.4 Å². The number of halogens is 1. The quantitative estimate of drug-likeness (QED) is 0.560. The van der Waals surface area contributed by atoms with Crippen LogP contribution in [0.5, 0.6) is 0 Å². The first-order valence-electron chi connectivity index (χ1n) is 8.70. The third-order valence-electron chi connectivity index (χ3n) is 4.11. The highest BCUT2D eigenvalue weighted by atomic mass is 35.5. The smallest absolute Gasteiger partial charge is 0.251 e. The fourth-order valence-corrected chi connectivity index (χ4v) is 4.60. The van der Waals surface area contributed by atoms with Gasteiger partial charge in [0.2, 0.25) is 20.0 Å². The molecule has 2 aromatic rings. The summed E-state index contributed by atoms with van der Waals surface area (Å²) in [6, 6.07) is 10.5. The molecular weight excluding hydrogens is 438 g/mol. The van der Waals surface area contributed by atoms with Crippen LogP contribution in [-0.2, 0) is 26.6 Å². The summed E-state index contributed by atoms with van der Waals surface area (Å²) >= 11 is 5.95. The summed E-state index contributed by atoms with van der Waals surface area (Å²) in [6.07, 6.45) is 2.70. The maximum atomic E-state index is 12.4. The Morgan fingerprint density at radius 3 is 2.31 bits per heavy atom. The molecule has 1 amide bonds. The number of benzene rings is 2. The van der Waals surface area contributed by atoms with Crippen molar-refractivity contribution in [1.82, 2.24) is 10.0 Å². The Hall–Kier alpha value is -2.14. The molecule has 0 unspecified atom stereocenters. The molecule has 0 bridgehead atoms. The van der Waals surface area contributed by atoms with Gasteiger partial charge in [-0.15, -0.1) is 0 Å². The van der Waals surface area contributed by atoms with Crippen molar-refractivity contribution in [1.29, 1.82) is 0 Å². The second-order valence-electron chi connectivity index (χ2n) is 6.79. The second-order valence-corrected chi connectivity index (χ2v) is 10.7. The van der Waals surface area contributed by atoms with Gasteiger partial charge < -0.3 is 5.32 Å². The highest BCUT2D eigenvalue weighted by Crippen LogP contribution is 2.24. The van der Waals surface area contributed by atoms with Crippen LogP contribution < -0.4 is 14.8 Å². The molecule has 156 valence electrons. The van der Waals surface area contributed by atoms with E-state index in [4.69, 9.17) is 11.6 Å². The highest BCUT2D eigenvalue weighted by Gasteiger charge is 2.27. The van der Waals surface area contributed by atoms with Crippen LogP contribution in [0.1, 0.15) is 28.8 Å². The van der Waals surface area contributed by atoms with Crippen LogP contribution in [0.25, 0.3) is 0 Å². The van der Waals surface area contributed by atoms with Gasteiger partial charge in [-0.05, 0) is 48.7 Å². The second kappa shape index (κ2) is 8.31. The number of rotatable bonds is 8. The number of carbonyl (C=O) groups is 1. The van der Waals surface area contributed by atoms with Gasteiger partial charge in [-0.1, -0.05) is 23.7 Å². The Morgan fingerprint density at radius 1 is 1.07 bits per heavy atom. The Kier molecular flexibility index (Phi) is 6.18. The predicted octanol–water partition coefficient (Wildman–Crippen LogP) is 2.08. The molecule has 11 heteroatoms. The fraction of sp³-hybridized carbons (Fsp3) is 0.278. The van der Waals surface area contributed by atoms with Gasteiger partial charge in [0, 0.05) is 18.2 Å². The molecule has 0 aromatic heterocycles. The lowest BCUT2D eigenvalue weighted by Gasteiger charge is -2.10.